The molecule has 0 saturated heterocycles. The van der Waals surface area contributed by atoms with Crippen molar-refractivity contribution in [1.29, 1.82) is 0 Å². The van der Waals surface area contributed by atoms with E-state index in [1.165, 1.54) is 30.4 Å². The molecule has 0 unspecified atom stereocenters. The Kier molecular flexibility index (Phi) is 4.90. The number of aryl methyl sites for hydroxylation is 1. The monoisotopic (exact) mass is 299 g/mol. The first-order valence-corrected chi connectivity index (χ1v) is 8.06. The predicted octanol–water partition coefficient (Wildman–Crippen LogP) is 3.04. The average molecular weight is 299 g/mol. The molecule has 0 radical (unpaired) electrons. The molecule has 1 aliphatic carbocycles. The van der Waals surface area contributed by atoms with Gasteiger partial charge in [-0.25, -0.2) is 4.98 Å². The molecule has 22 heavy (non-hydrogen) atoms. The van der Waals surface area contributed by atoms with Crippen LogP contribution in [0.5, 0.6) is 0 Å². The third-order valence-corrected chi connectivity index (χ3v) is 4.60. The minimum atomic E-state index is 0.498. The smallest absolute Gasteiger partial charge is 0.122 e. The van der Waals surface area contributed by atoms with Crippen molar-refractivity contribution in [3.8, 4) is 0 Å². The normalized spacial score (nSPS) is 17.7. The first kappa shape index (κ1) is 15.3. The number of methoxy groups -OCH3 is 1. The van der Waals surface area contributed by atoms with Crippen molar-refractivity contribution in [3.05, 3.63) is 53.6 Å². The summed E-state index contributed by atoms with van der Waals surface area (Å²) in [5, 5.41) is 0. The highest BCUT2D eigenvalue weighted by molar-refractivity contribution is 5.32. The third kappa shape index (κ3) is 3.23. The fraction of sp³-hybridized carbons (Fsp3) is 0.500. The summed E-state index contributed by atoms with van der Waals surface area (Å²) >= 11 is 0. The Bertz CT molecular complexity index is 608. The molecule has 4 nitrogen and oxygen atoms in total. The van der Waals surface area contributed by atoms with Gasteiger partial charge in [0.15, 0.2) is 0 Å². The first-order chi connectivity index (χ1) is 10.8. The number of aromatic nitrogens is 2. The van der Waals surface area contributed by atoms with E-state index in [0.29, 0.717) is 6.04 Å². The first-order valence-electron chi connectivity index (χ1n) is 8.06. The maximum atomic E-state index is 5.18. The second-order valence-electron chi connectivity index (χ2n) is 6.05. The van der Waals surface area contributed by atoms with Crippen molar-refractivity contribution in [2.45, 2.75) is 38.4 Å². The van der Waals surface area contributed by atoms with Gasteiger partial charge < -0.3 is 9.30 Å². The fourth-order valence-electron chi connectivity index (χ4n) is 3.40. The minimum absolute atomic E-state index is 0.498. The second-order valence-corrected chi connectivity index (χ2v) is 6.05. The van der Waals surface area contributed by atoms with Crippen molar-refractivity contribution in [1.82, 2.24) is 14.5 Å². The van der Waals surface area contributed by atoms with Gasteiger partial charge in [-0.15, -0.1) is 0 Å². The lowest BCUT2D eigenvalue weighted by Gasteiger charge is -2.33. The molecule has 2 aromatic rings. The van der Waals surface area contributed by atoms with Crippen LogP contribution in [-0.4, -0.2) is 35.2 Å². The molecule has 0 spiro atoms. The Labute approximate surface area is 132 Å². The van der Waals surface area contributed by atoms with Gasteiger partial charge in [0.05, 0.1) is 13.2 Å². The predicted molar refractivity (Wildman–Crippen MR) is 87.7 cm³/mol. The van der Waals surface area contributed by atoms with Gasteiger partial charge in [0, 0.05) is 32.1 Å². The van der Waals surface area contributed by atoms with Crippen LogP contribution in [0.1, 0.15) is 35.8 Å². The van der Waals surface area contributed by atoms with Crippen LogP contribution < -0.4 is 0 Å². The van der Waals surface area contributed by atoms with E-state index in [-0.39, 0.29) is 0 Å². The molecule has 0 N–H and O–H groups in total. The van der Waals surface area contributed by atoms with Gasteiger partial charge >= 0.3 is 0 Å². The summed E-state index contributed by atoms with van der Waals surface area (Å²) in [7, 11) is 3.95. The van der Waals surface area contributed by atoms with Crippen LogP contribution >= 0.6 is 0 Å². The highest BCUT2D eigenvalue weighted by Crippen LogP contribution is 2.33. The molecule has 4 heteroatoms. The van der Waals surface area contributed by atoms with E-state index < -0.39 is 0 Å². The highest BCUT2D eigenvalue weighted by atomic mass is 16.5. The van der Waals surface area contributed by atoms with E-state index in [4.69, 9.17) is 4.74 Å². The molecular weight excluding hydrogens is 274 g/mol. The maximum absolute atomic E-state index is 5.18. The summed E-state index contributed by atoms with van der Waals surface area (Å²) in [4.78, 5) is 6.96. The summed E-state index contributed by atoms with van der Waals surface area (Å²) in [6.07, 6.45) is 7.63. The molecule has 0 aliphatic heterocycles. The van der Waals surface area contributed by atoms with Gasteiger partial charge in [-0.1, -0.05) is 24.3 Å². The van der Waals surface area contributed by atoms with Gasteiger partial charge in [-0.05, 0) is 37.4 Å². The molecule has 1 heterocycles. The van der Waals surface area contributed by atoms with Gasteiger partial charge in [0.25, 0.3) is 0 Å². The Morgan fingerprint density at radius 2 is 2.23 bits per heavy atom. The van der Waals surface area contributed by atoms with Crippen molar-refractivity contribution in [2.24, 2.45) is 0 Å². The lowest BCUT2D eigenvalue weighted by molar-refractivity contribution is 0.179. The van der Waals surface area contributed by atoms with Crippen LogP contribution in [0.15, 0.2) is 36.7 Å². The topological polar surface area (TPSA) is 30.3 Å². The maximum Gasteiger partial charge on any atom is 0.122 e. The van der Waals surface area contributed by atoms with Crippen LogP contribution in [0.4, 0.5) is 0 Å². The van der Waals surface area contributed by atoms with E-state index in [2.05, 4.69) is 45.8 Å². The Hall–Kier alpha value is -1.65. The summed E-state index contributed by atoms with van der Waals surface area (Å²) in [6.45, 7) is 2.45. The minimum Gasteiger partial charge on any atom is -0.383 e. The Morgan fingerprint density at radius 3 is 3.09 bits per heavy atom. The zero-order valence-corrected chi connectivity index (χ0v) is 13.5. The van der Waals surface area contributed by atoms with Gasteiger partial charge in [0.2, 0.25) is 0 Å². The molecule has 1 aliphatic rings. The van der Waals surface area contributed by atoms with Crippen molar-refractivity contribution >= 4 is 0 Å². The molecular formula is C18H25N3O. The van der Waals surface area contributed by atoms with Crippen molar-refractivity contribution < 1.29 is 4.74 Å². The van der Waals surface area contributed by atoms with Crippen LogP contribution in [0.2, 0.25) is 0 Å². The van der Waals surface area contributed by atoms with Crippen LogP contribution in [-0.2, 0) is 24.2 Å². The number of benzene rings is 1. The van der Waals surface area contributed by atoms with E-state index >= 15 is 0 Å². The molecule has 1 atom stereocenters. The number of hydrogen-bond acceptors (Lipinski definition) is 3. The van der Waals surface area contributed by atoms with E-state index in [9.17, 15) is 0 Å². The number of hydrogen-bond donors (Lipinski definition) is 0. The second kappa shape index (κ2) is 7.07. The molecule has 3 rings (SSSR count). The largest absolute Gasteiger partial charge is 0.383 e. The molecule has 1 aromatic carbocycles. The number of fused-ring (bicyclic) bond motifs is 1. The van der Waals surface area contributed by atoms with Gasteiger partial charge in [-0.2, -0.15) is 0 Å². The van der Waals surface area contributed by atoms with E-state index in [1.807, 2.05) is 12.4 Å². The number of nitrogens with zero attached hydrogens (tertiary/aromatic N) is 3. The van der Waals surface area contributed by atoms with Crippen molar-refractivity contribution in [3.63, 3.8) is 0 Å². The average Bonchev–Trinajstić information content (AvgIpc) is 2.99. The van der Waals surface area contributed by atoms with Crippen LogP contribution in [0.25, 0.3) is 0 Å². The van der Waals surface area contributed by atoms with Gasteiger partial charge in [0.1, 0.15) is 5.82 Å². The number of ether oxygens (including phenoxy) is 1. The number of imidazole rings is 1. The molecule has 0 fully saturated rings. The molecule has 1 aromatic heterocycles. The SMILES string of the molecule is COCCn1ccnc1CN(C)[C@@H]1CCCc2ccccc21. The fourth-order valence-corrected chi connectivity index (χ4v) is 3.40. The van der Waals surface area contributed by atoms with E-state index in [0.717, 1.165) is 25.5 Å². The molecule has 0 amide bonds. The molecule has 0 bridgehead atoms. The Morgan fingerprint density at radius 1 is 1.36 bits per heavy atom. The highest BCUT2D eigenvalue weighted by Gasteiger charge is 2.24. The lowest BCUT2D eigenvalue weighted by Crippen LogP contribution is -2.28. The standard InChI is InChI=1S/C18H25N3O/c1-20(14-18-19-10-11-21(18)12-13-22-2)17-9-5-7-15-6-3-4-8-16(15)17/h3-4,6,8,10-11,17H,5,7,9,12-14H2,1-2H3/t17-/m1/s1. The Balaban J connectivity index is 1.73. The molecule has 118 valence electrons. The quantitative estimate of drug-likeness (QED) is 0.821. The lowest BCUT2D eigenvalue weighted by atomic mass is 9.87. The summed E-state index contributed by atoms with van der Waals surface area (Å²) < 4.78 is 7.36. The van der Waals surface area contributed by atoms with Gasteiger partial charge in [-0.3, -0.25) is 4.90 Å². The molecule has 0 saturated carbocycles. The third-order valence-electron chi connectivity index (χ3n) is 4.60. The summed E-state index contributed by atoms with van der Waals surface area (Å²) in [5.74, 6) is 1.11. The zero-order chi connectivity index (χ0) is 15.4. The summed E-state index contributed by atoms with van der Waals surface area (Å²) in [6, 6.07) is 9.36. The summed E-state index contributed by atoms with van der Waals surface area (Å²) in [5.41, 5.74) is 3.00. The van der Waals surface area contributed by atoms with Crippen LogP contribution in [0, 0.1) is 0 Å². The van der Waals surface area contributed by atoms with E-state index in [1.54, 1.807) is 7.11 Å². The number of rotatable bonds is 6. The van der Waals surface area contributed by atoms with Crippen molar-refractivity contribution in [2.75, 3.05) is 20.8 Å². The van der Waals surface area contributed by atoms with Crippen LogP contribution in [0.3, 0.4) is 0 Å². The zero-order valence-electron chi connectivity index (χ0n) is 13.5.